The maximum atomic E-state index is 12.7. The summed E-state index contributed by atoms with van der Waals surface area (Å²) in [6.07, 6.45) is 2.15. The number of ether oxygens (including phenoxy) is 1. The molecule has 2 unspecified atom stereocenters. The molecule has 0 aliphatic heterocycles. The fourth-order valence-corrected chi connectivity index (χ4v) is 3.33. The van der Waals surface area contributed by atoms with Gasteiger partial charge in [0.1, 0.15) is 0 Å². The molecule has 1 fully saturated rings. The van der Waals surface area contributed by atoms with Gasteiger partial charge in [0.2, 0.25) is 12.0 Å². The average Bonchev–Trinajstić information content (AvgIpc) is 2.85. The molecule has 1 aliphatic carbocycles. The number of Topliss-reactive ketones (excluding diaryl/α,β-unsaturated/α-hetero) is 2. The van der Waals surface area contributed by atoms with Crippen molar-refractivity contribution in [2.75, 3.05) is 7.05 Å². The molecule has 1 rings (SSSR count). The number of amides is 1. The predicted octanol–water partition coefficient (Wildman–Crippen LogP) is 2.19. The van der Waals surface area contributed by atoms with Crippen LogP contribution in [0.2, 0.25) is 0 Å². The Hall–Kier alpha value is -1.72. The van der Waals surface area contributed by atoms with E-state index in [9.17, 15) is 19.2 Å². The fraction of sp³-hybridized carbons (Fsp3) is 0.778. The summed E-state index contributed by atoms with van der Waals surface area (Å²) in [5.41, 5.74) is -0.885. The molecule has 1 amide bonds. The summed E-state index contributed by atoms with van der Waals surface area (Å²) in [6, 6.07) is 0. The minimum atomic E-state index is -1.25. The summed E-state index contributed by atoms with van der Waals surface area (Å²) >= 11 is 0. The first-order valence-corrected chi connectivity index (χ1v) is 8.77. The molecule has 136 valence electrons. The van der Waals surface area contributed by atoms with Crippen molar-refractivity contribution in [3.05, 3.63) is 0 Å². The third-order valence-electron chi connectivity index (χ3n) is 4.67. The summed E-state index contributed by atoms with van der Waals surface area (Å²) in [7, 11) is 1.58. The number of rotatable bonds is 9. The molecule has 0 aromatic heterocycles. The molecular formula is C18H29NO5. The summed E-state index contributed by atoms with van der Waals surface area (Å²) in [5, 5.41) is 2.64. The van der Waals surface area contributed by atoms with Crippen LogP contribution in [0.25, 0.3) is 0 Å². The van der Waals surface area contributed by atoms with Crippen molar-refractivity contribution in [2.45, 2.75) is 71.8 Å². The van der Waals surface area contributed by atoms with E-state index in [0.717, 1.165) is 12.8 Å². The molecule has 24 heavy (non-hydrogen) atoms. The van der Waals surface area contributed by atoms with Crippen molar-refractivity contribution in [1.82, 2.24) is 5.32 Å². The Morgan fingerprint density at radius 2 is 1.79 bits per heavy atom. The molecule has 0 bridgehead atoms. The van der Waals surface area contributed by atoms with E-state index in [2.05, 4.69) is 5.32 Å². The monoisotopic (exact) mass is 339 g/mol. The van der Waals surface area contributed by atoms with Crippen LogP contribution in [0, 0.1) is 11.3 Å². The van der Waals surface area contributed by atoms with E-state index in [0.29, 0.717) is 19.3 Å². The van der Waals surface area contributed by atoms with Gasteiger partial charge in [0.15, 0.2) is 11.6 Å². The highest BCUT2D eigenvalue weighted by atomic mass is 16.6. The second-order valence-corrected chi connectivity index (χ2v) is 6.83. The van der Waals surface area contributed by atoms with Crippen molar-refractivity contribution >= 4 is 23.4 Å². The van der Waals surface area contributed by atoms with Crippen LogP contribution in [0.15, 0.2) is 0 Å². The van der Waals surface area contributed by atoms with E-state index in [4.69, 9.17) is 4.74 Å². The normalized spacial score (nSPS) is 19.0. The molecule has 1 aliphatic rings. The zero-order valence-electron chi connectivity index (χ0n) is 15.1. The molecule has 0 aromatic carbocycles. The van der Waals surface area contributed by atoms with Crippen molar-refractivity contribution < 1.29 is 23.9 Å². The van der Waals surface area contributed by atoms with Gasteiger partial charge in [-0.05, 0) is 26.2 Å². The smallest absolute Gasteiger partial charge is 0.312 e. The molecular weight excluding hydrogens is 310 g/mol. The third-order valence-corrected chi connectivity index (χ3v) is 4.67. The van der Waals surface area contributed by atoms with E-state index >= 15 is 0 Å². The van der Waals surface area contributed by atoms with Crippen LogP contribution in [0.4, 0.5) is 0 Å². The van der Waals surface area contributed by atoms with Crippen molar-refractivity contribution in [3.8, 4) is 0 Å². The Morgan fingerprint density at radius 3 is 2.25 bits per heavy atom. The van der Waals surface area contributed by atoms with E-state index < -0.39 is 17.5 Å². The lowest BCUT2D eigenvalue weighted by Gasteiger charge is -2.31. The molecule has 1 saturated carbocycles. The minimum absolute atomic E-state index is 0.0972. The second-order valence-electron chi connectivity index (χ2n) is 6.83. The molecule has 1 N–H and O–H groups in total. The number of ketones is 2. The summed E-state index contributed by atoms with van der Waals surface area (Å²) in [4.78, 5) is 48.2. The van der Waals surface area contributed by atoms with Crippen LogP contribution in [-0.4, -0.2) is 36.6 Å². The molecule has 0 aromatic rings. The number of hydrogen-bond donors (Lipinski definition) is 1. The topological polar surface area (TPSA) is 89.5 Å². The molecule has 6 nitrogen and oxygen atoms in total. The van der Waals surface area contributed by atoms with Crippen molar-refractivity contribution in [1.29, 1.82) is 0 Å². The van der Waals surface area contributed by atoms with Gasteiger partial charge in [0.05, 0.1) is 5.41 Å². The number of nitrogens with one attached hydrogen (secondary N) is 1. The SMILES string of the molecule is CCCC(CC(C)(CCC)C(=O)OC1C(=O)CCC1=O)C(=O)NC. The number of carbonyl (C=O) groups excluding carboxylic acids is 4. The Kier molecular flexibility index (Phi) is 7.58. The average molecular weight is 339 g/mol. The third kappa shape index (κ3) is 4.89. The molecule has 0 heterocycles. The van der Waals surface area contributed by atoms with Crippen LogP contribution in [0.3, 0.4) is 0 Å². The van der Waals surface area contributed by atoms with Crippen LogP contribution in [0.5, 0.6) is 0 Å². The van der Waals surface area contributed by atoms with Crippen molar-refractivity contribution in [3.63, 3.8) is 0 Å². The van der Waals surface area contributed by atoms with Gasteiger partial charge in [-0.1, -0.05) is 26.7 Å². The summed E-state index contributed by atoms with van der Waals surface area (Å²) in [6.45, 7) is 5.70. The molecule has 2 atom stereocenters. The van der Waals surface area contributed by atoms with Crippen molar-refractivity contribution in [2.24, 2.45) is 11.3 Å². The Labute approximate surface area is 143 Å². The predicted molar refractivity (Wildman–Crippen MR) is 89.2 cm³/mol. The zero-order chi connectivity index (χ0) is 18.3. The highest BCUT2D eigenvalue weighted by molar-refractivity contribution is 6.12. The molecule has 0 radical (unpaired) electrons. The highest BCUT2D eigenvalue weighted by Gasteiger charge is 2.43. The molecule has 6 heteroatoms. The number of esters is 1. The van der Waals surface area contributed by atoms with Gasteiger partial charge < -0.3 is 10.1 Å². The van der Waals surface area contributed by atoms with Crippen LogP contribution in [0.1, 0.15) is 65.7 Å². The van der Waals surface area contributed by atoms with E-state index in [1.54, 1.807) is 14.0 Å². The first-order chi connectivity index (χ1) is 11.3. The Morgan fingerprint density at radius 1 is 1.21 bits per heavy atom. The van der Waals surface area contributed by atoms with Gasteiger partial charge in [-0.2, -0.15) is 0 Å². The van der Waals surface area contributed by atoms with Gasteiger partial charge in [-0.3, -0.25) is 19.2 Å². The van der Waals surface area contributed by atoms with E-state index in [1.165, 1.54) is 0 Å². The lowest BCUT2D eigenvalue weighted by atomic mass is 9.76. The maximum absolute atomic E-state index is 12.7. The minimum Gasteiger partial charge on any atom is -0.446 e. The number of carbonyl (C=O) groups is 4. The zero-order valence-corrected chi connectivity index (χ0v) is 15.1. The van der Waals surface area contributed by atoms with Gasteiger partial charge in [-0.15, -0.1) is 0 Å². The van der Waals surface area contributed by atoms with E-state index in [1.807, 2.05) is 13.8 Å². The lowest BCUT2D eigenvalue weighted by molar-refractivity contribution is -0.167. The largest absolute Gasteiger partial charge is 0.446 e. The van der Waals surface area contributed by atoms with Crippen LogP contribution >= 0.6 is 0 Å². The molecule has 0 spiro atoms. The van der Waals surface area contributed by atoms with Crippen LogP contribution < -0.4 is 5.32 Å². The first-order valence-electron chi connectivity index (χ1n) is 8.77. The summed E-state index contributed by atoms with van der Waals surface area (Å²) in [5.74, 6) is -1.60. The first kappa shape index (κ1) is 20.3. The standard InChI is InChI=1S/C18H29NO5/c1-5-7-12(16(22)19-4)11-18(3,10-6-2)17(23)24-15-13(20)8-9-14(15)21/h12,15H,5-11H2,1-4H3,(H,19,22). The summed E-state index contributed by atoms with van der Waals surface area (Å²) < 4.78 is 5.28. The Bertz CT molecular complexity index is 486. The quantitative estimate of drug-likeness (QED) is 0.514. The lowest BCUT2D eigenvalue weighted by Crippen LogP contribution is -2.40. The van der Waals surface area contributed by atoms with Gasteiger partial charge in [-0.25, -0.2) is 0 Å². The van der Waals surface area contributed by atoms with Crippen LogP contribution in [-0.2, 0) is 23.9 Å². The van der Waals surface area contributed by atoms with Gasteiger partial charge in [0.25, 0.3) is 0 Å². The highest BCUT2D eigenvalue weighted by Crippen LogP contribution is 2.35. The van der Waals surface area contributed by atoms with Gasteiger partial charge >= 0.3 is 5.97 Å². The fourth-order valence-electron chi connectivity index (χ4n) is 3.33. The number of hydrogen-bond acceptors (Lipinski definition) is 5. The second kappa shape index (κ2) is 8.94. The van der Waals surface area contributed by atoms with E-state index in [-0.39, 0.29) is 36.2 Å². The molecule has 0 saturated heterocycles. The maximum Gasteiger partial charge on any atom is 0.312 e. The Balaban J connectivity index is 2.91. The van der Waals surface area contributed by atoms with Gasteiger partial charge in [0, 0.05) is 25.8 Å².